The molecule has 1 aromatic heterocycles. The fourth-order valence-electron chi connectivity index (χ4n) is 3.53. The minimum atomic E-state index is -0.771. The van der Waals surface area contributed by atoms with Crippen LogP contribution in [0.1, 0.15) is 17.0 Å². The van der Waals surface area contributed by atoms with Crippen LogP contribution < -0.4 is 26.0 Å². The number of rotatable bonds is 3. The Hall–Kier alpha value is -3.49. The number of fused-ring (bicyclic) bond motifs is 1. The number of benzene rings is 1. The number of H-pyrrole nitrogens is 1. The first-order chi connectivity index (χ1) is 13.0. The van der Waals surface area contributed by atoms with E-state index in [-0.39, 0.29) is 12.2 Å². The number of anilines is 1. The van der Waals surface area contributed by atoms with Crippen LogP contribution in [0, 0.1) is 0 Å². The number of methoxy groups -OCH3 is 2. The van der Waals surface area contributed by atoms with Gasteiger partial charge in [0.25, 0.3) is 5.56 Å². The maximum atomic E-state index is 12.7. The van der Waals surface area contributed by atoms with Crippen molar-refractivity contribution in [1.82, 2.24) is 9.55 Å². The van der Waals surface area contributed by atoms with Crippen LogP contribution in [0.5, 0.6) is 11.5 Å². The molecule has 2 N–H and O–H groups in total. The monoisotopic (exact) mass is 371 g/mol. The van der Waals surface area contributed by atoms with E-state index < -0.39 is 23.1 Å². The molecular formula is C18H17N3O6. The smallest absolute Gasteiger partial charge is 0.337 e. The van der Waals surface area contributed by atoms with E-state index in [9.17, 15) is 14.4 Å². The van der Waals surface area contributed by atoms with Crippen LogP contribution in [0.4, 0.5) is 5.82 Å². The average Bonchev–Trinajstić information content (AvgIpc) is 3.05. The summed E-state index contributed by atoms with van der Waals surface area (Å²) in [5, 5.41) is 3.01. The summed E-state index contributed by atoms with van der Waals surface area (Å²) in [7, 11) is 4.56. The molecule has 27 heavy (non-hydrogen) atoms. The topological polar surface area (TPSA) is 112 Å². The molecule has 3 heterocycles. The van der Waals surface area contributed by atoms with Gasteiger partial charge in [-0.05, 0) is 18.2 Å². The molecule has 0 fully saturated rings. The molecule has 2 aliphatic rings. The van der Waals surface area contributed by atoms with Crippen LogP contribution in [0.25, 0.3) is 0 Å². The number of aromatic nitrogens is 2. The minimum Gasteiger partial charge on any atom is -0.497 e. The third-order valence-corrected chi connectivity index (χ3v) is 4.85. The fraction of sp³-hybridized carbons (Fsp3) is 0.278. The van der Waals surface area contributed by atoms with Crippen molar-refractivity contribution in [3.8, 4) is 11.5 Å². The zero-order chi connectivity index (χ0) is 19.3. The highest BCUT2D eigenvalue weighted by Crippen LogP contribution is 2.45. The first-order valence-corrected chi connectivity index (χ1v) is 8.18. The second kappa shape index (κ2) is 6.04. The van der Waals surface area contributed by atoms with E-state index >= 15 is 0 Å². The van der Waals surface area contributed by atoms with Crippen molar-refractivity contribution >= 4 is 11.8 Å². The second-order valence-corrected chi connectivity index (χ2v) is 6.21. The lowest BCUT2D eigenvalue weighted by Gasteiger charge is -2.28. The second-order valence-electron chi connectivity index (χ2n) is 6.21. The van der Waals surface area contributed by atoms with Crippen molar-refractivity contribution in [2.75, 3.05) is 26.1 Å². The van der Waals surface area contributed by atoms with Crippen LogP contribution in [-0.4, -0.2) is 36.3 Å². The molecule has 0 unspecified atom stereocenters. The van der Waals surface area contributed by atoms with E-state index in [0.29, 0.717) is 34.2 Å². The molecule has 9 heteroatoms. The molecule has 0 spiro atoms. The van der Waals surface area contributed by atoms with Gasteiger partial charge in [-0.3, -0.25) is 14.3 Å². The highest BCUT2D eigenvalue weighted by atomic mass is 16.5. The summed E-state index contributed by atoms with van der Waals surface area (Å²) in [6.45, 7) is 0.0391. The molecule has 0 saturated carbocycles. The Kier molecular flexibility index (Phi) is 3.79. The number of carbonyl (C=O) groups is 1. The lowest BCUT2D eigenvalue weighted by Crippen LogP contribution is -2.37. The molecule has 9 nitrogen and oxygen atoms in total. The van der Waals surface area contributed by atoms with Gasteiger partial charge in [-0.25, -0.2) is 9.59 Å². The van der Waals surface area contributed by atoms with Gasteiger partial charge in [-0.2, -0.15) is 0 Å². The molecule has 0 saturated heterocycles. The van der Waals surface area contributed by atoms with Gasteiger partial charge in [0, 0.05) is 12.6 Å². The number of ether oxygens (including phenoxy) is 3. The van der Waals surface area contributed by atoms with Gasteiger partial charge in [0.05, 0.1) is 37.0 Å². The van der Waals surface area contributed by atoms with Gasteiger partial charge in [-0.1, -0.05) is 0 Å². The number of hydrogen-bond acceptors (Lipinski definition) is 7. The molecular weight excluding hydrogens is 354 g/mol. The third-order valence-electron chi connectivity index (χ3n) is 4.85. The van der Waals surface area contributed by atoms with E-state index in [4.69, 9.17) is 14.2 Å². The van der Waals surface area contributed by atoms with Gasteiger partial charge in [0.2, 0.25) is 0 Å². The van der Waals surface area contributed by atoms with Crippen molar-refractivity contribution in [2.24, 2.45) is 7.05 Å². The van der Waals surface area contributed by atoms with Crippen LogP contribution >= 0.6 is 0 Å². The highest BCUT2D eigenvalue weighted by molar-refractivity contribution is 5.97. The summed E-state index contributed by atoms with van der Waals surface area (Å²) in [5.74, 6) is 0.0443. The quantitative estimate of drug-likeness (QED) is 0.754. The number of aromatic amines is 1. The molecule has 4 rings (SSSR count). The summed E-state index contributed by atoms with van der Waals surface area (Å²) in [5.41, 5.74) is 0.496. The van der Waals surface area contributed by atoms with Crippen LogP contribution in [0.15, 0.2) is 39.1 Å². The number of nitrogens with one attached hydrogen (secondary N) is 2. The van der Waals surface area contributed by atoms with E-state index in [1.807, 2.05) is 0 Å². The number of esters is 1. The number of cyclic esters (lactones) is 1. The largest absolute Gasteiger partial charge is 0.497 e. The number of hydrogen-bond donors (Lipinski definition) is 2. The van der Waals surface area contributed by atoms with Gasteiger partial charge >= 0.3 is 11.7 Å². The molecule has 0 aliphatic carbocycles. The van der Waals surface area contributed by atoms with E-state index in [1.54, 1.807) is 18.2 Å². The molecule has 0 radical (unpaired) electrons. The van der Waals surface area contributed by atoms with Crippen molar-refractivity contribution < 1.29 is 19.0 Å². The average molecular weight is 371 g/mol. The Morgan fingerprint density at radius 1 is 1.19 bits per heavy atom. The van der Waals surface area contributed by atoms with Crippen molar-refractivity contribution in [3.63, 3.8) is 0 Å². The lowest BCUT2D eigenvalue weighted by atomic mass is 9.82. The number of carbonyl (C=O) groups excluding carboxylic acids is 1. The Morgan fingerprint density at radius 2 is 1.96 bits per heavy atom. The molecule has 0 bridgehead atoms. The minimum absolute atomic E-state index is 0.0391. The van der Waals surface area contributed by atoms with Gasteiger partial charge in [-0.15, -0.1) is 0 Å². The molecule has 140 valence electrons. The first-order valence-electron chi connectivity index (χ1n) is 8.18. The summed E-state index contributed by atoms with van der Waals surface area (Å²) in [6, 6.07) is 5.13. The van der Waals surface area contributed by atoms with Gasteiger partial charge in [0.1, 0.15) is 23.9 Å². The summed E-state index contributed by atoms with van der Waals surface area (Å²) >= 11 is 0. The van der Waals surface area contributed by atoms with E-state index in [0.717, 1.165) is 0 Å². The Balaban J connectivity index is 2.08. The summed E-state index contributed by atoms with van der Waals surface area (Å²) in [6.07, 6.45) is 0. The van der Waals surface area contributed by atoms with Crippen molar-refractivity contribution in [3.05, 3.63) is 61.4 Å². The zero-order valence-corrected chi connectivity index (χ0v) is 14.9. The third kappa shape index (κ3) is 2.42. The van der Waals surface area contributed by atoms with E-state index in [1.165, 1.54) is 25.8 Å². The van der Waals surface area contributed by atoms with Gasteiger partial charge < -0.3 is 19.5 Å². The van der Waals surface area contributed by atoms with Crippen molar-refractivity contribution in [1.29, 1.82) is 0 Å². The standard InChI is InChI=1S/C18H17N3O6/c1-21-15-14(16(22)20-18(21)24)12(13-10(19-15)7-27-17(13)23)9-6-8(25-2)4-5-11(9)26-3/h4-6,12,19H,7H2,1-3H3,(H,20,22,24)/t12-/m1/s1. The highest BCUT2D eigenvalue weighted by Gasteiger charge is 2.42. The predicted molar refractivity (Wildman–Crippen MR) is 95.3 cm³/mol. The van der Waals surface area contributed by atoms with Crippen molar-refractivity contribution in [2.45, 2.75) is 5.92 Å². The van der Waals surface area contributed by atoms with Gasteiger partial charge in [0.15, 0.2) is 0 Å². The molecule has 0 amide bonds. The normalized spacial score (nSPS) is 17.7. The lowest BCUT2D eigenvalue weighted by molar-refractivity contribution is -0.136. The molecule has 2 aromatic rings. The fourth-order valence-corrected chi connectivity index (χ4v) is 3.53. The first kappa shape index (κ1) is 17.0. The van der Waals surface area contributed by atoms with Crippen LogP contribution in [0.3, 0.4) is 0 Å². The maximum Gasteiger partial charge on any atom is 0.337 e. The van der Waals surface area contributed by atoms with Crippen LogP contribution in [-0.2, 0) is 16.6 Å². The predicted octanol–water partition coefficient (Wildman–Crippen LogP) is 0.459. The summed E-state index contributed by atoms with van der Waals surface area (Å²) < 4.78 is 17.2. The Labute approximate surface area is 153 Å². The maximum absolute atomic E-state index is 12.7. The zero-order valence-electron chi connectivity index (χ0n) is 14.9. The van der Waals surface area contributed by atoms with Crippen LogP contribution in [0.2, 0.25) is 0 Å². The summed E-state index contributed by atoms with van der Waals surface area (Å²) in [4.78, 5) is 39.5. The SMILES string of the molecule is COc1ccc(OC)c([C@@H]2C3=C(COC3=O)Nc3c2c(=O)[nH]c(=O)n3C)c1. The Morgan fingerprint density at radius 3 is 2.67 bits per heavy atom. The molecule has 1 atom stereocenters. The molecule has 1 aromatic carbocycles. The number of nitrogens with zero attached hydrogens (tertiary/aromatic N) is 1. The Bertz CT molecular complexity index is 1110. The van der Waals surface area contributed by atoms with E-state index in [2.05, 4.69) is 10.3 Å². The molecule has 2 aliphatic heterocycles.